The first-order valence-corrected chi connectivity index (χ1v) is 8.28. The Hall–Kier alpha value is -3.61. The second kappa shape index (κ2) is 6.72. The van der Waals surface area contributed by atoms with Crippen LogP contribution in [0.2, 0.25) is 0 Å². The predicted octanol–water partition coefficient (Wildman–Crippen LogP) is 2.65. The van der Waals surface area contributed by atoms with Crippen molar-refractivity contribution >= 4 is 23.3 Å². The maximum Gasteiger partial charge on any atom is 0.321 e. The average molecular weight is 347 g/mol. The van der Waals surface area contributed by atoms with Gasteiger partial charge in [0.25, 0.3) is 5.91 Å². The van der Waals surface area contributed by atoms with Crippen molar-refractivity contribution in [2.45, 2.75) is 0 Å². The van der Waals surface area contributed by atoms with Gasteiger partial charge in [0.15, 0.2) is 0 Å². The van der Waals surface area contributed by atoms with Crippen LogP contribution in [-0.2, 0) is 0 Å². The van der Waals surface area contributed by atoms with Gasteiger partial charge in [-0.05, 0) is 42.5 Å². The fourth-order valence-corrected chi connectivity index (χ4v) is 2.92. The minimum absolute atomic E-state index is 0.102. The maximum absolute atomic E-state index is 12.7. The quantitative estimate of drug-likeness (QED) is 0.761. The molecule has 1 aliphatic heterocycles. The number of urea groups is 1. The third-order valence-electron chi connectivity index (χ3n) is 4.19. The van der Waals surface area contributed by atoms with Crippen LogP contribution in [0.4, 0.5) is 16.2 Å². The van der Waals surface area contributed by atoms with Gasteiger partial charge in [0.1, 0.15) is 0 Å². The topological polar surface area (TPSA) is 79.3 Å². The summed E-state index contributed by atoms with van der Waals surface area (Å²) in [5, 5.41) is 9.85. The lowest BCUT2D eigenvalue weighted by atomic mass is 10.1. The SMILES string of the molecule is O=C(Nc1ccc(N2CCNC2=O)cc1)c1ccccc1-n1cccn1. The van der Waals surface area contributed by atoms with E-state index in [1.54, 1.807) is 40.2 Å². The molecule has 130 valence electrons. The fourth-order valence-electron chi connectivity index (χ4n) is 2.92. The van der Waals surface area contributed by atoms with Crippen LogP contribution in [0.25, 0.3) is 5.69 Å². The molecule has 0 bridgehead atoms. The first kappa shape index (κ1) is 15.9. The summed E-state index contributed by atoms with van der Waals surface area (Å²) < 4.78 is 1.66. The number of para-hydroxylation sites is 1. The van der Waals surface area contributed by atoms with E-state index in [0.717, 1.165) is 5.69 Å². The minimum atomic E-state index is -0.220. The molecule has 3 aromatic rings. The number of hydrogen-bond acceptors (Lipinski definition) is 3. The number of anilines is 2. The monoisotopic (exact) mass is 347 g/mol. The molecule has 1 aliphatic rings. The molecule has 7 nitrogen and oxygen atoms in total. The van der Waals surface area contributed by atoms with Crippen LogP contribution in [0.1, 0.15) is 10.4 Å². The first-order chi connectivity index (χ1) is 12.7. The number of hydrogen-bond donors (Lipinski definition) is 2. The summed E-state index contributed by atoms with van der Waals surface area (Å²) in [6, 6.07) is 16.2. The van der Waals surface area contributed by atoms with Gasteiger partial charge in [-0.15, -0.1) is 0 Å². The number of benzene rings is 2. The molecular formula is C19H17N5O2. The summed E-state index contributed by atoms with van der Waals surface area (Å²) in [7, 11) is 0. The molecule has 4 rings (SSSR count). The fraction of sp³-hybridized carbons (Fsp3) is 0.105. The summed E-state index contributed by atoms with van der Waals surface area (Å²) in [4.78, 5) is 26.1. The Labute approximate surface area is 150 Å². The maximum atomic E-state index is 12.7. The molecule has 2 N–H and O–H groups in total. The van der Waals surface area contributed by atoms with E-state index in [4.69, 9.17) is 0 Å². The molecule has 0 atom stereocenters. The summed E-state index contributed by atoms with van der Waals surface area (Å²) >= 11 is 0. The number of rotatable bonds is 4. The third kappa shape index (κ3) is 3.02. The van der Waals surface area contributed by atoms with Crippen LogP contribution >= 0.6 is 0 Å². The van der Waals surface area contributed by atoms with E-state index in [0.29, 0.717) is 30.0 Å². The molecule has 0 spiro atoms. The van der Waals surface area contributed by atoms with Crippen LogP contribution in [0.15, 0.2) is 67.0 Å². The minimum Gasteiger partial charge on any atom is -0.336 e. The van der Waals surface area contributed by atoms with E-state index in [1.165, 1.54) is 0 Å². The van der Waals surface area contributed by atoms with Crippen molar-refractivity contribution in [1.82, 2.24) is 15.1 Å². The predicted molar refractivity (Wildman–Crippen MR) is 98.7 cm³/mol. The van der Waals surface area contributed by atoms with E-state index in [1.807, 2.05) is 36.4 Å². The van der Waals surface area contributed by atoms with Crippen LogP contribution in [0.3, 0.4) is 0 Å². The molecule has 1 saturated heterocycles. The zero-order chi connectivity index (χ0) is 17.9. The van der Waals surface area contributed by atoms with Crippen LogP contribution in [0.5, 0.6) is 0 Å². The lowest BCUT2D eigenvalue weighted by Gasteiger charge is -2.15. The summed E-state index contributed by atoms with van der Waals surface area (Å²) in [5.41, 5.74) is 2.70. The molecule has 2 heterocycles. The highest BCUT2D eigenvalue weighted by Crippen LogP contribution is 2.21. The first-order valence-electron chi connectivity index (χ1n) is 8.28. The molecule has 1 fully saturated rings. The smallest absolute Gasteiger partial charge is 0.321 e. The Bertz CT molecular complexity index is 935. The molecule has 1 aromatic heterocycles. The van der Waals surface area contributed by atoms with Crippen molar-refractivity contribution in [1.29, 1.82) is 0 Å². The van der Waals surface area contributed by atoms with Crippen LogP contribution in [-0.4, -0.2) is 34.8 Å². The molecule has 26 heavy (non-hydrogen) atoms. The number of carbonyl (C=O) groups is 2. The zero-order valence-corrected chi connectivity index (χ0v) is 13.9. The molecule has 0 unspecified atom stereocenters. The van der Waals surface area contributed by atoms with Gasteiger partial charge >= 0.3 is 6.03 Å². The van der Waals surface area contributed by atoms with Crippen LogP contribution < -0.4 is 15.5 Å². The summed E-state index contributed by atoms with van der Waals surface area (Å²) in [5.74, 6) is -0.220. The van der Waals surface area contributed by atoms with Crippen molar-refractivity contribution in [2.75, 3.05) is 23.3 Å². The van der Waals surface area contributed by atoms with Gasteiger partial charge in [0.2, 0.25) is 0 Å². The number of nitrogens with one attached hydrogen (secondary N) is 2. The summed E-state index contributed by atoms with van der Waals surface area (Å²) in [6.45, 7) is 1.28. The van der Waals surface area contributed by atoms with Gasteiger partial charge in [-0.2, -0.15) is 5.10 Å². The Balaban J connectivity index is 1.53. The highest BCUT2D eigenvalue weighted by atomic mass is 16.2. The standard InChI is InChI=1S/C19H17N5O2/c25-18(16-4-1-2-5-17(16)24-12-3-10-21-24)22-14-6-8-15(9-7-14)23-13-11-20-19(23)26/h1-10,12H,11,13H2,(H,20,26)(H,22,25). The molecule has 7 heteroatoms. The van der Waals surface area contributed by atoms with Crippen molar-refractivity contribution < 1.29 is 9.59 Å². The molecular weight excluding hydrogens is 330 g/mol. The third-order valence-corrected chi connectivity index (χ3v) is 4.19. The van der Waals surface area contributed by atoms with Crippen molar-refractivity contribution in [2.24, 2.45) is 0 Å². The lowest BCUT2D eigenvalue weighted by Crippen LogP contribution is -2.27. The van der Waals surface area contributed by atoms with Gasteiger partial charge in [-0.1, -0.05) is 12.1 Å². The van der Waals surface area contributed by atoms with Gasteiger partial charge in [-0.3, -0.25) is 9.69 Å². The molecule has 0 aliphatic carbocycles. The highest BCUT2D eigenvalue weighted by molar-refractivity contribution is 6.07. The summed E-state index contributed by atoms with van der Waals surface area (Å²) in [6.07, 6.45) is 3.46. The number of carbonyl (C=O) groups excluding carboxylic acids is 2. The van der Waals surface area contributed by atoms with E-state index in [-0.39, 0.29) is 11.9 Å². The van der Waals surface area contributed by atoms with Crippen molar-refractivity contribution in [3.05, 3.63) is 72.6 Å². The number of amides is 3. The molecule has 2 aromatic carbocycles. The number of nitrogens with zero attached hydrogens (tertiary/aromatic N) is 3. The van der Waals surface area contributed by atoms with Crippen LogP contribution in [0, 0.1) is 0 Å². The molecule has 0 radical (unpaired) electrons. The number of aromatic nitrogens is 2. The highest BCUT2D eigenvalue weighted by Gasteiger charge is 2.21. The second-order valence-corrected chi connectivity index (χ2v) is 5.85. The van der Waals surface area contributed by atoms with E-state index >= 15 is 0 Å². The largest absolute Gasteiger partial charge is 0.336 e. The van der Waals surface area contributed by atoms with Gasteiger partial charge in [-0.25, -0.2) is 9.48 Å². The lowest BCUT2D eigenvalue weighted by molar-refractivity contribution is 0.102. The van der Waals surface area contributed by atoms with E-state index in [2.05, 4.69) is 15.7 Å². The van der Waals surface area contributed by atoms with Gasteiger partial charge in [0, 0.05) is 36.9 Å². The van der Waals surface area contributed by atoms with Crippen molar-refractivity contribution in [3.8, 4) is 5.69 Å². The van der Waals surface area contributed by atoms with Gasteiger partial charge in [0.05, 0.1) is 11.3 Å². The second-order valence-electron chi connectivity index (χ2n) is 5.85. The Morgan fingerprint density at radius 1 is 1.08 bits per heavy atom. The Kier molecular flexibility index (Phi) is 4.10. The Morgan fingerprint density at radius 2 is 1.88 bits per heavy atom. The average Bonchev–Trinajstić information content (AvgIpc) is 3.34. The van der Waals surface area contributed by atoms with Crippen molar-refractivity contribution in [3.63, 3.8) is 0 Å². The Morgan fingerprint density at radius 3 is 2.58 bits per heavy atom. The molecule has 3 amide bonds. The van der Waals surface area contributed by atoms with E-state index < -0.39 is 0 Å². The van der Waals surface area contributed by atoms with E-state index in [9.17, 15) is 9.59 Å². The zero-order valence-electron chi connectivity index (χ0n) is 13.9. The normalized spacial score (nSPS) is 13.5. The van der Waals surface area contributed by atoms with Gasteiger partial charge < -0.3 is 10.6 Å². The molecule has 0 saturated carbocycles.